The minimum absolute atomic E-state index is 0.212. The summed E-state index contributed by atoms with van der Waals surface area (Å²) < 4.78 is 5.71. The van der Waals surface area contributed by atoms with Gasteiger partial charge in [-0.2, -0.15) is 0 Å². The van der Waals surface area contributed by atoms with Crippen molar-refractivity contribution in [1.82, 2.24) is 4.90 Å². The summed E-state index contributed by atoms with van der Waals surface area (Å²) in [5, 5.41) is 0. The van der Waals surface area contributed by atoms with E-state index >= 15 is 0 Å². The summed E-state index contributed by atoms with van der Waals surface area (Å²) >= 11 is 0. The molecule has 3 nitrogen and oxygen atoms in total. The lowest BCUT2D eigenvalue weighted by atomic mass is 10.1. The van der Waals surface area contributed by atoms with E-state index < -0.39 is 8.07 Å². The third-order valence-electron chi connectivity index (χ3n) is 3.78. The molecule has 2 fully saturated rings. The zero-order chi connectivity index (χ0) is 13.5. The smallest absolute Gasteiger partial charge is 0.252 e. The molecule has 1 heterocycles. The van der Waals surface area contributed by atoms with Crippen LogP contribution in [0.4, 0.5) is 0 Å². The normalized spacial score (nSPS) is 26.6. The van der Waals surface area contributed by atoms with Gasteiger partial charge in [0.2, 0.25) is 0 Å². The summed E-state index contributed by atoms with van der Waals surface area (Å²) in [6.45, 7) is 12.4. The molecule has 0 N–H and O–H groups in total. The van der Waals surface area contributed by atoms with Gasteiger partial charge in [0.25, 0.3) is 5.91 Å². The van der Waals surface area contributed by atoms with Crippen LogP contribution in [0.2, 0.25) is 25.7 Å². The number of carbonyl (C=O) groups is 1. The molecule has 0 radical (unpaired) electrons. The van der Waals surface area contributed by atoms with Crippen molar-refractivity contribution in [2.75, 3.05) is 13.3 Å². The van der Waals surface area contributed by atoms with E-state index in [9.17, 15) is 4.79 Å². The number of piperidine rings is 1. The summed E-state index contributed by atoms with van der Waals surface area (Å²) in [7, 11) is -1.03. The van der Waals surface area contributed by atoms with E-state index in [1.165, 1.54) is 11.6 Å². The maximum Gasteiger partial charge on any atom is 0.252 e. The lowest BCUT2D eigenvalue weighted by Crippen LogP contribution is -2.32. The van der Waals surface area contributed by atoms with Crippen LogP contribution < -0.4 is 0 Å². The summed E-state index contributed by atoms with van der Waals surface area (Å²) in [6, 6.07) is 1.60. The van der Waals surface area contributed by atoms with Crippen molar-refractivity contribution in [2.24, 2.45) is 5.92 Å². The molecule has 102 valence electrons. The zero-order valence-electron chi connectivity index (χ0n) is 12.2. The first-order chi connectivity index (χ1) is 8.31. The first-order valence-corrected chi connectivity index (χ1v) is 10.6. The maximum atomic E-state index is 12.2. The predicted octanol–water partition coefficient (Wildman–Crippen LogP) is 2.87. The lowest BCUT2D eigenvalue weighted by molar-refractivity contribution is -0.131. The van der Waals surface area contributed by atoms with Gasteiger partial charge in [0.1, 0.15) is 6.73 Å². The molecule has 0 aromatic carbocycles. The topological polar surface area (TPSA) is 29.5 Å². The zero-order valence-corrected chi connectivity index (χ0v) is 13.2. The van der Waals surface area contributed by atoms with E-state index in [0.29, 0.717) is 18.7 Å². The Morgan fingerprint density at radius 2 is 2.06 bits per heavy atom. The number of allylic oxidation sites excluding steroid dienone is 1. The molecule has 18 heavy (non-hydrogen) atoms. The average Bonchev–Trinajstić information content (AvgIpc) is 2.90. The summed E-state index contributed by atoms with van der Waals surface area (Å²) in [5.41, 5.74) is 2.23. The highest BCUT2D eigenvalue weighted by atomic mass is 28.3. The number of fused-ring (bicyclic) bond motifs is 1. The van der Waals surface area contributed by atoms with Crippen LogP contribution in [0.15, 0.2) is 11.1 Å². The van der Waals surface area contributed by atoms with Crippen LogP contribution in [0.25, 0.3) is 0 Å². The van der Waals surface area contributed by atoms with Crippen molar-refractivity contribution < 1.29 is 9.53 Å². The van der Waals surface area contributed by atoms with Gasteiger partial charge < -0.3 is 9.64 Å². The molecule has 2 atom stereocenters. The van der Waals surface area contributed by atoms with E-state index in [4.69, 9.17) is 4.74 Å². The first kappa shape index (κ1) is 13.8. The molecule has 2 aliphatic rings. The van der Waals surface area contributed by atoms with Crippen molar-refractivity contribution in [3.05, 3.63) is 11.1 Å². The van der Waals surface area contributed by atoms with Crippen molar-refractivity contribution in [3.63, 3.8) is 0 Å². The summed E-state index contributed by atoms with van der Waals surface area (Å²) in [6.07, 6.45) is 1.14. The van der Waals surface area contributed by atoms with E-state index in [-0.39, 0.29) is 5.91 Å². The Morgan fingerprint density at radius 1 is 1.39 bits per heavy atom. The SMILES string of the molecule is CC(C)=C1C(=O)N(COCC[Si](C)(C)C)C2C[C@@H]12. The van der Waals surface area contributed by atoms with Crippen molar-refractivity contribution in [2.45, 2.75) is 52.0 Å². The highest BCUT2D eigenvalue weighted by Crippen LogP contribution is 2.49. The first-order valence-electron chi connectivity index (χ1n) is 6.87. The molecule has 4 heteroatoms. The number of carbonyl (C=O) groups excluding carboxylic acids is 1. The fraction of sp³-hybridized carbons (Fsp3) is 0.786. The third kappa shape index (κ3) is 2.86. The quantitative estimate of drug-likeness (QED) is 0.435. The highest BCUT2D eigenvalue weighted by molar-refractivity contribution is 6.76. The maximum absolute atomic E-state index is 12.2. The largest absolute Gasteiger partial charge is 0.361 e. The van der Waals surface area contributed by atoms with Gasteiger partial charge in [0, 0.05) is 32.2 Å². The monoisotopic (exact) mass is 267 g/mol. The molecule has 1 amide bonds. The van der Waals surface area contributed by atoms with Crippen LogP contribution in [0.1, 0.15) is 20.3 Å². The summed E-state index contributed by atoms with van der Waals surface area (Å²) in [4.78, 5) is 14.1. The Hall–Kier alpha value is -0.613. The van der Waals surface area contributed by atoms with Crippen LogP contribution in [0.5, 0.6) is 0 Å². The number of amides is 1. The van der Waals surface area contributed by atoms with Gasteiger partial charge in [-0.1, -0.05) is 25.2 Å². The molecular formula is C14H25NO2Si. The fourth-order valence-corrected chi connectivity index (χ4v) is 3.34. The molecule has 0 aromatic heterocycles. The highest BCUT2D eigenvalue weighted by Gasteiger charge is 2.55. The van der Waals surface area contributed by atoms with E-state index in [2.05, 4.69) is 19.6 Å². The Kier molecular flexibility index (Phi) is 3.69. The molecular weight excluding hydrogens is 242 g/mol. The minimum atomic E-state index is -1.03. The van der Waals surface area contributed by atoms with Crippen LogP contribution in [0, 0.1) is 5.92 Å². The van der Waals surface area contributed by atoms with E-state index in [1.807, 2.05) is 18.7 Å². The Bertz CT molecular complexity index is 380. The Morgan fingerprint density at radius 3 is 2.56 bits per heavy atom. The van der Waals surface area contributed by atoms with Crippen LogP contribution in [0.3, 0.4) is 0 Å². The van der Waals surface area contributed by atoms with Gasteiger partial charge >= 0.3 is 0 Å². The summed E-state index contributed by atoms with van der Waals surface area (Å²) in [5.74, 6) is 0.715. The lowest BCUT2D eigenvalue weighted by Gasteiger charge is -2.21. The van der Waals surface area contributed by atoms with Gasteiger partial charge in [-0.05, 0) is 26.3 Å². The van der Waals surface area contributed by atoms with Gasteiger partial charge in [-0.15, -0.1) is 0 Å². The van der Waals surface area contributed by atoms with E-state index in [0.717, 1.165) is 18.6 Å². The van der Waals surface area contributed by atoms with Crippen LogP contribution in [-0.2, 0) is 9.53 Å². The van der Waals surface area contributed by atoms with Gasteiger partial charge in [0.15, 0.2) is 0 Å². The van der Waals surface area contributed by atoms with Gasteiger partial charge in [-0.3, -0.25) is 4.79 Å². The number of hydrogen-bond donors (Lipinski definition) is 0. The number of hydrogen-bond acceptors (Lipinski definition) is 2. The molecule has 0 bridgehead atoms. The van der Waals surface area contributed by atoms with Crippen molar-refractivity contribution in [3.8, 4) is 0 Å². The number of rotatable bonds is 5. The van der Waals surface area contributed by atoms with Crippen molar-refractivity contribution in [1.29, 1.82) is 0 Å². The van der Waals surface area contributed by atoms with Crippen molar-refractivity contribution >= 4 is 14.0 Å². The van der Waals surface area contributed by atoms with Gasteiger partial charge in [-0.25, -0.2) is 0 Å². The predicted molar refractivity (Wildman–Crippen MR) is 76.1 cm³/mol. The van der Waals surface area contributed by atoms with Crippen LogP contribution >= 0.6 is 0 Å². The van der Waals surface area contributed by atoms with E-state index in [1.54, 1.807) is 0 Å². The van der Waals surface area contributed by atoms with Gasteiger partial charge in [0.05, 0.1) is 0 Å². The molecule has 1 saturated heterocycles. The number of nitrogens with zero attached hydrogens (tertiary/aromatic N) is 1. The third-order valence-corrected chi connectivity index (χ3v) is 5.49. The molecule has 2 rings (SSSR count). The molecule has 1 saturated carbocycles. The Balaban J connectivity index is 1.82. The molecule has 1 aliphatic carbocycles. The molecule has 0 spiro atoms. The van der Waals surface area contributed by atoms with Crippen LogP contribution in [-0.4, -0.2) is 38.3 Å². The Labute approximate surface area is 111 Å². The second-order valence-corrected chi connectivity index (χ2v) is 12.6. The molecule has 0 aromatic rings. The second-order valence-electron chi connectivity index (χ2n) is 6.95. The second kappa shape index (κ2) is 4.81. The molecule has 1 aliphatic heterocycles. The average molecular weight is 267 g/mol. The number of ether oxygens (including phenoxy) is 1. The number of likely N-dealkylation sites (tertiary alicyclic amines) is 1. The fourth-order valence-electron chi connectivity index (χ4n) is 2.58. The minimum Gasteiger partial charge on any atom is -0.361 e. The standard InChI is InChI=1S/C14H25NO2Si/c1-10(2)13-11-8-12(11)15(14(13)16)9-17-6-7-18(3,4)5/h11-12H,6-9H2,1-5H3/t11-,12?/m1/s1. The molecule has 1 unspecified atom stereocenters.